The second-order valence-electron chi connectivity index (χ2n) is 1.66. The summed E-state index contributed by atoms with van der Waals surface area (Å²) in [7, 11) is 0. The Morgan fingerprint density at radius 3 is 3.00 bits per heavy atom. The van der Waals surface area contributed by atoms with Crippen molar-refractivity contribution in [3.63, 3.8) is 0 Å². The lowest BCUT2D eigenvalue weighted by Gasteiger charge is -1.92. The van der Waals surface area contributed by atoms with Crippen molar-refractivity contribution < 1.29 is 4.52 Å². The van der Waals surface area contributed by atoms with Crippen LogP contribution in [0.4, 0.5) is 0 Å². The van der Waals surface area contributed by atoms with Crippen LogP contribution in [0, 0.1) is 0 Å². The van der Waals surface area contributed by atoms with E-state index < -0.39 is 0 Å². The average molecular weight is 128 g/mol. The van der Waals surface area contributed by atoms with E-state index in [0.29, 0.717) is 13.1 Å². The van der Waals surface area contributed by atoms with Crippen LogP contribution in [0.2, 0.25) is 0 Å². The third kappa shape index (κ3) is 1.43. The molecule has 0 bridgehead atoms. The molecule has 0 aromatic carbocycles. The van der Waals surface area contributed by atoms with Gasteiger partial charge in [-0.15, -0.1) is 0 Å². The molecule has 0 saturated heterocycles. The maximum absolute atomic E-state index is 10.3. The van der Waals surface area contributed by atoms with Gasteiger partial charge in [0.05, 0.1) is 6.54 Å². The fraction of sp³-hybridized carbons (Fsp3) is 0.400. The molecule has 0 aliphatic carbocycles. The Labute approximate surface area is 51.8 Å². The van der Waals surface area contributed by atoms with Crippen LogP contribution in [0.15, 0.2) is 21.6 Å². The lowest BCUT2D eigenvalue weighted by molar-refractivity contribution is 0.255. The van der Waals surface area contributed by atoms with E-state index in [0.717, 1.165) is 0 Å². The van der Waals surface area contributed by atoms with Gasteiger partial charge in [-0.25, -0.2) is 9.53 Å². The second-order valence-corrected chi connectivity index (χ2v) is 1.66. The zero-order valence-corrected chi connectivity index (χ0v) is 4.91. The molecule has 0 unspecified atom stereocenters. The van der Waals surface area contributed by atoms with Crippen molar-refractivity contribution >= 4 is 0 Å². The molecular weight excluding hydrogens is 120 g/mol. The molecule has 0 fully saturated rings. The minimum atomic E-state index is -0.330. The average Bonchev–Trinajstić information content (AvgIpc) is 2.17. The molecule has 50 valence electrons. The SMILES string of the molecule is NCCn1ccc(=O)o1. The van der Waals surface area contributed by atoms with Crippen LogP contribution in [0.5, 0.6) is 0 Å². The highest BCUT2D eigenvalue weighted by Gasteiger charge is 1.89. The summed E-state index contributed by atoms with van der Waals surface area (Å²) in [4.78, 5) is 10.3. The van der Waals surface area contributed by atoms with Gasteiger partial charge in [-0.05, 0) is 0 Å². The van der Waals surface area contributed by atoms with Gasteiger partial charge in [-0.3, -0.25) is 0 Å². The molecule has 9 heavy (non-hydrogen) atoms. The fourth-order valence-corrected chi connectivity index (χ4v) is 0.568. The summed E-state index contributed by atoms with van der Waals surface area (Å²) >= 11 is 0. The minimum Gasteiger partial charge on any atom is -0.337 e. The van der Waals surface area contributed by atoms with Crippen molar-refractivity contribution in [3.05, 3.63) is 22.7 Å². The van der Waals surface area contributed by atoms with Crippen LogP contribution in [0.1, 0.15) is 0 Å². The summed E-state index contributed by atoms with van der Waals surface area (Å²) in [5, 5.41) is 0. The molecule has 1 aromatic heterocycles. The van der Waals surface area contributed by atoms with Crippen LogP contribution in [-0.4, -0.2) is 11.3 Å². The van der Waals surface area contributed by atoms with Crippen LogP contribution < -0.4 is 11.4 Å². The molecule has 0 atom stereocenters. The topological polar surface area (TPSA) is 61.2 Å². The van der Waals surface area contributed by atoms with E-state index in [1.54, 1.807) is 6.20 Å². The van der Waals surface area contributed by atoms with Gasteiger partial charge in [0.25, 0.3) is 0 Å². The Morgan fingerprint density at radius 1 is 1.78 bits per heavy atom. The molecule has 0 aliphatic heterocycles. The molecule has 0 radical (unpaired) electrons. The molecule has 4 nitrogen and oxygen atoms in total. The third-order valence-electron chi connectivity index (χ3n) is 0.934. The predicted molar refractivity (Wildman–Crippen MR) is 32.0 cm³/mol. The molecular formula is C5H8N2O2. The van der Waals surface area contributed by atoms with Crippen molar-refractivity contribution in [2.24, 2.45) is 5.73 Å². The van der Waals surface area contributed by atoms with E-state index in [-0.39, 0.29) is 5.63 Å². The summed E-state index contributed by atoms with van der Waals surface area (Å²) in [5.74, 6) is 0. The normalized spacial score (nSPS) is 9.89. The monoisotopic (exact) mass is 128 g/mol. The van der Waals surface area contributed by atoms with Gasteiger partial charge in [0.15, 0.2) is 0 Å². The smallest absolute Gasteiger partial charge is 0.337 e. The number of aromatic nitrogens is 1. The van der Waals surface area contributed by atoms with Crippen molar-refractivity contribution in [2.75, 3.05) is 6.54 Å². The maximum atomic E-state index is 10.3. The molecule has 2 N–H and O–H groups in total. The second kappa shape index (κ2) is 2.50. The molecule has 0 spiro atoms. The molecule has 0 saturated carbocycles. The van der Waals surface area contributed by atoms with Crippen molar-refractivity contribution in [1.29, 1.82) is 0 Å². The summed E-state index contributed by atoms with van der Waals surface area (Å²) < 4.78 is 6.01. The van der Waals surface area contributed by atoms with Crippen molar-refractivity contribution in [2.45, 2.75) is 6.54 Å². The molecule has 4 heteroatoms. The van der Waals surface area contributed by atoms with Crippen LogP contribution in [0.3, 0.4) is 0 Å². The third-order valence-corrected chi connectivity index (χ3v) is 0.934. The van der Waals surface area contributed by atoms with Gasteiger partial charge in [-0.2, -0.15) is 0 Å². The van der Waals surface area contributed by atoms with E-state index in [4.69, 9.17) is 5.73 Å². The number of nitrogens with two attached hydrogens (primary N) is 1. The Kier molecular flexibility index (Phi) is 1.69. The summed E-state index contributed by atoms with van der Waals surface area (Å²) in [5.41, 5.74) is 4.86. The first kappa shape index (κ1) is 6.10. The quantitative estimate of drug-likeness (QED) is 0.578. The van der Waals surface area contributed by atoms with Gasteiger partial charge >= 0.3 is 5.63 Å². The number of hydrogen-bond acceptors (Lipinski definition) is 3. The largest absolute Gasteiger partial charge is 0.357 e. The Balaban J connectivity index is 2.73. The first-order valence-electron chi connectivity index (χ1n) is 2.70. The molecule has 0 amide bonds. The van der Waals surface area contributed by atoms with Gasteiger partial charge in [0.2, 0.25) is 0 Å². The Bertz CT molecular complexity index is 225. The maximum Gasteiger partial charge on any atom is 0.357 e. The zero-order valence-electron chi connectivity index (χ0n) is 4.91. The predicted octanol–water partition coefficient (Wildman–Crippen LogP) is -0.600. The molecule has 1 heterocycles. The van der Waals surface area contributed by atoms with Gasteiger partial charge in [-0.1, -0.05) is 0 Å². The summed E-state index contributed by atoms with van der Waals surface area (Å²) in [6.07, 6.45) is 1.56. The minimum absolute atomic E-state index is 0.330. The van der Waals surface area contributed by atoms with Gasteiger partial charge in [0, 0.05) is 18.8 Å². The Morgan fingerprint density at radius 2 is 2.56 bits per heavy atom. The highest BCUT2D eigenvalue weighted by molar-refractivity contribution is 4.74. The molecule has 1 aromatic rings. The summed E-state index contributed by atoms with van der Waals surface area (Å²) in [6, 6.07) is 1.36. The highest BCUT2D eigenvalue weighted by Crippen LogP contribution is 1.79. The van der Waals surface area contributed by atoms with Gasteiger partial charge < -0.3 is 10.3 Å². The van der Waals surface area contributed by atoms with E-state index in [2.05, 4.69) is 4.52 Å². The summed E-state index contributed by atoms with van der Waals surface area (Å²) in [6.45, 7) is 1.04. The molecule has 0 aliphatic rings. The lowest BCUT2D eigenvalue weighted by Crippen LogP contribution is -2.08. The lowest BCUT2D eigenvalue weighted by atomic mass is 10.6. The van der Waals surface area contributed by atoms with Crippen LogP contribution >= 0.6 is 0 Å². The highest BCUT2D eigenvalue weighted by atomic mass is 16.5. The van der Waals surface area contributed by atoms with Crippen LogP contribution in [-0.2, 0) is 6.54 Å². The van der Waals surface area contributed by atoms with E-state index in [1.807, 2.05) is 0 Å². The number of rotatable bonds is 2. The van der Waals surface area contributed by atoms with Crippen LogP contribution in [0.25, 0.3) is 0 Å². The van der Waals surface area contributed by atoms with Crippen molar-refractivity contribution in [1.82, 2.24) is 4.74 Å². The standard InChI is InChI=1S/C5H8N2O2/c6-2-4-7-3-1-5(8)9-7/h1,3H,2,4,6H2. The number of nitrogens with zero attached hydrogens (tertiary/aromatic N) is 1. The van der Waals surface area contributed by atoms with Gasteiger partial charge in [0.1, 0.15) is 0 Å². The zero-order chi connectivity index (χ0) is 6.69. The van der Waals surface area contributed by atoms with E-state index in [1.165, 1.54) is 10.8 Å². The first-order valence-corrected chi connectivity index (χ1v) is 2.70. The van der Waals surface area contributed by atoms with E-state index >= 15 is 0 Å². The Hall–Kier alpha value is -1.03. The van der Waals surface area contributed by atoms with Crippen molar-refractivity contribution in [3.8, 4) is 0 Å². The first-order chi connectivity index (χ1) is 4.33. The number of hydrogen-bond donors (Lipinski definition) is 1. The van der Waals surface area contributed by atoms with E-state index in [9.17, 15) is 4.79 Å². The molecule has 1 rings (SSSR count). The fourth-order valence-electron chi connectivity index (χ4n) is 0.568.